The van der Waals surface area contributed by atoms with Crippen LogP contribution in [-0.2, 0) is 0 Å². The fourth-order valence-electron chi connectivity index (χ4n) is 1.41. The van der Waals surface area contributed by atoms with E-state index in [1.54, 1.807) is 0 Å². The topological polar surface area (TPSA) is 59.1 Å². The van der Waals surface area contributed by atoms with E-state index in [0.29, 0.717) is 6.07 Å². The summed E-state index contributed by atoms with van der Waals surface area (Å²) in [7, 11) is 0. The van der Waals surface area contributed by atoms with E-state index < -0.39 is 29.0 Å². The van der Waals surface area contributed by atoms with Crippen LogP contribution >= 0.6 is 0 Å². The Hall–Kier alpha value is -2.63. The molecule has 0 radical (unpaired) electrons. The van der Waals surface area contributed by atoms with Crippen molar-refractivity contribution < 1.29 is 18.4 Å². The van der Waals surface area contributed by atoms with Crippen molar-refractivity contribution >= 4 is 11.8 Å². The van der Waals surface area contributed by atoms with E-state index in [1.165, 1.54) is 24.5 Å². The molecule has 2 rings (SSSR count). The highest BCUT2D eigenvalue weighted by molar-refractivity contribution is 6.10. The molecule has 2 aromatic rings. The Labute approximate surface area is 107 Å². The highest BCUT2D eigenvalue weighted by atomic mass is 19.1. The molecule has 0 bridgehead atoms. The third kappa shape index (κ3) is 2.98. The van der Waals surface area contributed by atoms with Crippen LogP contribution in [0.15, 0.2) is 42.7 Å². The van der Waals surface area contributed by atoms with Gasteiger partial charge in [-0.1, -0.05) is 0 Å². The molecule has 6 heteroatoms. The van der Waals surface area contributed by atoms with E-state index in [0.717, 1.165) is 12.1 Å². The number of halogens is 2. The van der Waals surface area contributed by atoms with Gasteiger partial charge in [0.15, 0.2) is 0 Å². The lowest BCUT2D eigenvalue weighted by molar-refractivity contribution is 0.0847. The number of rotatable bonds is 2. The Kier molecular flexibility index (Phi) is 3.61. The third-order valence-electron chi connectivity index (χ3n) is 2.33. The Morgan fingerprint density at radius 1 is 1.11 bits per heavy atom. The average molecular weight is 262 g/mol. The molecule has 1 aromatic carbocycles. The summed E-state index contributed by atoms with van der Waals surface area (Å²) < 4.78 is 26.0. The Morgan fingerprint density at radius 2 is 1.89 bits per heavy atom. The zero-order valence-electron chi connectivity index (χ0n) is 9.56. The van der Waals surface area contributed by atoms with Crippen molar-refractivity contribution in [2.45, 2.75) is 0 Å². The van der Waals surface area contributed by atoms with Crippen LogP contribution in [0.4, 0.5) is 8.78 Å². The van der Waals surface area contributed by atoms with Gasteiger partial charge in [0.2, 0.25) is 0 Å². The van der Waals surface area contributed by atoms with Gasteiger partial charge in [0.1, 0.15) is 11.6 Å². The minimum atomic E-state index is -1.03. The number of carbonyl (C=O) groups is 2. The van der Waals surface area contributed by atoms with Crippen LogP contribution in [0.2, 0.25) is 0 Å². The number of hydrogen-bond acceptors (Lipinski definition) is 3. The SMILES string of the molecule is O=C(NC(=O)c1ccc(F)cc1F)c1cccnc1. The molecule has 0 aliphatic heterocycles. The number of pyridine rings is 1. The molecule has 0 unspecified atom stereocenters. The molecule has 0 atom stereocenters. The lowest BCUT2D eigenvalue weighted by atomic mass is 10.2. The van der Waals surface area contributed by atoms with Crippen LogP contribution in [0.5, 0.6) is 0 Å². The van der Waals surface area contributed by atoms with E-state index in [2.05, 4.69) is 4.98 Å². The van der Waals surface area contributed by atoms with E-state index in [4.69, 9.17) is 0 Å². The first-order valence-electron chi connectivity index (χ1n) is 5.28. The molecule has 0 saturated heterocycles. The van der Waals surface area contributed by atoms with Crippen molar-refractivity contribution in [1.29, 1.82) is 0 Å². The first-order valence-corrected chi connectivity index (χ1v) is 5.28. The maximum Gasteiger partial charge on any atom is 0.261 e. The van der Waals surface area contributed by atoms with E-state index in [1.807, 2.05) is 5.32 Å². The zero-order chi connectivity index (χ0) is 13.8. The van der Waals surface area contributed by atoms with Crippen molar-refractivity contribution in [3.05, 3.63) is 65.5 Å². The summed E-state index contributed by atoms with van der Waals surface area (Å²) >= 11 is 0. The molecule has 19 heavy (non-hydrogen) atoms. The van der Waals surface area contributed by atoms with Crippen LogP contribution in [0, 0.1) is 11.6 Å². The predicted octanol–water partition coefficient (Wildman–Crippen LogP) is 1.93. The maximum atomic E-state index is 13.3. The summed E-state index contributed by atoms with van der Waals surface area (Å²) in [6.07, 6.45) is 2.74. The van der Waals surface area contributed by atoms with Gasteiger partial charge in [-0.25, -0.2) is 8.78 Å². The van der Waals surface area contributed by atoms with Gasteiger partial charge in [0.05, 0.1) is 11.1 Å². The molecule has 1 N–H and O–H groups in total. The summed E-state index contributed by atoms with van der Waals surface area (Å²) in [4.78, 5) is 27.0. The van der Waals surface area contributed by atoms with Gasteiger partial charge in [-0.05, 0) is 24.3 Å². The maximum absolute atomic E-state index is 13.3. The monoisotopic (exact) mass is 262 g/mol. The van der Waals surface area contributed by atoms with Crippen LogP contribution < -0.4 is 5.32 Å². The number of benzene rings is 1. The van der Waals surface area contributed by atoms with E-state index in [-0.39, 0.29) is 5.56 Å². The molecule has 2 amide bonds. The summed E-state index contributed by atoms with van der Waals surface area (Å²) in [6, 6.07) is 5.46. The van der Waals surface area contributed by atoms with Crippen LogP contribution in [0.3, 0.4) is 0 Å². The van der Waals surface area contributed by atoms with Gasteiger partial charge >= 0.3 is 0 Å². The van der Waals surface area contributed by atoms with Crippen molar-refractivity contribution in [1.82, 2.24) is 10.3 Å². The highest BCUT2D eigenvalue weighted by Crippen LogP contribution is 2.09. The van der Waals surface area contributed by atoms with E-state index >= 15 is 0 Å². The fraction of sp³-hybridized carbons (Fsp3) is 0. The zero-order valence-corrected chi connectivity index (χ0v) is 9.56. The van der Waals surface area contributed by atoms with Gasteiger partial charge < -0.3 is 0 Å². The number of carbonyl (C=O) groups excluding carboxylic acids is 2. The second kappa shape index (κ2) is 5.34. The number of hydrogen-bond donors (Lipinski definition) is 1. The van der Waals surface area contributed by atoms with Crippen molar-refractivity contribution in [3.8, 4) is 0 Å². The van der Waals surface area contributed by atoms with E-state index in [9.17, 15) is 18.4 Å². The quantitative estimate of drug-likeness (QED) is 0.841. The third-order valence-corrected chi connectivity index (χ3v) is 2.33. The molecule has 0 aliphatic carbocycles. The molecule has 1 heterocycles. The van der Waals surface area contributed by atoms with Crippen LogP contribution in [0.25, 0.3) is 0 Å². The second-order valence-electron chi connectivity index (χ2n) is 3.65. The molecule has 96 valence electrons. The molecule has 1 aromatic heterocycles. The Balaban J connectivity index is 2.15. The number of aromatic nitrogens is 1. The molecule has 0 saturated carbocycles. The second-order valence-corrected chi connectivity index (χ2v) is 3.65. The summed E-state index contributed by atoms with van der Waals surface area (Å²) in [5, 5.41) is 1.99. The minimum Gasteiger partial charge on any atom is -0.288 e. The lowest BCUT2D eigenvalue weighted by Crippen LogP contribution is -2.31. The van der Waals surface area contributed by atoms with Crippen LogP contribution in [0.1, 0.15) is 20.7 Å². The number of amides is 2. The highest BCUT2D eigenvalue weighted by Gasteiger charge is 2.16. The van der Waals surface area contributed by atoms with Gasteiger partial charge in [0, 0.05) is 18.5 Å². The number of nitrogens with one attached hydrogen (secondary N) is 1. The smallest absolute Gasteiger partial charge is 0.261 e. The Bertz CT molecular complexity index is 630. The summed E-state index contributed by atoms with van der Waals surface area (Å²) in [5.41, 5.74) is -0.239. The number of nitrogens with zero attached hydrogens (tertiary/aromatic N) is 1. The molecule has 0 fully saturated rings. The van der Waals surface area contributed by atoms with Crippen LogP contribution in [-0.4, -0.2) is 16.8 Å². The molecule has 0 aliphatic rings. The van der Waals surface area contributed by atoms with Crippen molar-refractivity contribution in [2.24, 2.45) is 0 Å². The van der Waals surface area contributed by atoms with Gasteiger partial charge in [-0.15, -0.1) is 0 Å². The summed E-state index contributed by atoms with van der Waals surface area (Å²) in [5.74, 6) is -3.47. The first-order chi connectivity index (χ1) is 9.08. The number of imide groups is 1. The summed E-state index contributed by atoms with van der Waals surface area (Å²) in [6.45, 7) is 0. The lowest BCUT2D eigenvalue weighted by Gasteiger charge is -2.04. The molecular formula is C13H8F2N2O2. The predicted molar refractivity (Wildman–Crippen MR) is 62.4 cm³/mol. The molecular weight excluding hydrogens is 254 g/mol. The molecule has 4 nitrogen and oxygen atoms in total. The Morgan fingerprint density at radius 3 is 2.53 bits per heavy atom. The minimum absolute atomic E-state index is 0.165. The molecule has 0 spiro atoms. The normalized spacial score (nSPS) is 10.0. The largest absolute Gasteiger partial charge is 0.288 e. The van der Waals surface area contributed by atoms with Gasteiger partial charge in [-0.3, -0.25) is 19.9 Å². The standard InChI is InChI=1S/C13H8F2N2O2/c14-9-3-4-10(11(15)6-9)13(19)17-12(18)8-2-1-5-16-7-8/h1-7H,(H,17,18,19). The van der Waals surface area contributed by atoms with Gasteiger partial charge in [-0.2, -0.15) is 0 Å². The van der Waals surface area contributed by atoms with Crippen molar-refractivity contribution in [3.63, 3.8) is 0 Å². The van der Waals surface area contributed by atoms with Crippen molar-refractivity contribution in [2.75, 3.05) is 0 Å². The first kappa shape index (κ1) is 12.8. The van der Waals surface area contributed by atoms with Gasteiger partial charge in [0.25, 0.3) is 11.8 Å². The average Bonchev–Trinajstić information content (AvgIpc) is 2.39. The fourth-order valence-corrected chi connectivity index (χ4v) is 1.41.